The summed E-state index contributed by atoms with van der Waals surface area (Å²) in [5, 5.41) is 11.9. The van der Waals surface area contributed by atoms with E-state index in [1.165, 1.54) is 15.4 Å². The van der Waals surface area contributed by atoms with Crippen molar-refractivity contribution in [1.82, 2.24) is 29.3 Å². The van der Waals surface area contributed by atoms with Crippen LogP contribution in [-0.2, 0) is 19.4 Å². The van der Waals surface area contributed by atoms with Gasteiger partial charge < -0.3 is 9.84 Å². The fraction of sp³-hybridized carbons (Fsp3) is 0.278. The zero-order chi connectivity index (χ0) is 19.7. The van der Waals surface area contributed by atoms with Crippen molar-refractivity contribution in [2.75, 3.05) is 12.4 Å². The van der Waals surface area contributed by atoms with Crippen molar-refractivity contribution in [2.24, 2.45) is 0 Å². The van der Waals surface area contributed by atoms with E-state index in [1.54, 1.807) is 14.0 Å². The Bertz CT molecular complexity index is 1180. The summed E-state index contributed by atoms with van der Waals surface area (Å²) in [6, 6.07) is 7.65. The van der Waals surface area contributed by atoms with Gasteiger partial charge in [0.25, 0.3) is 5.56 Å². The van der Waals surface area contributed by atoms with Crippen LogP contribution in [0.2, 0.25) is 5.02 Å². The molecule has 3 aromatic heterocycles. The van der Waals surface area contributed by atoms with Crippen LogP contribution in [0.1, 0.15) is 23.0 Å². The molecule has 28 heavy (non-hydrogen) atoms. The van der Waals surface area contributed by atoms with E-state index >= 15 is 0 Å². The smallest absolute Gasteiger partial charge is 0.280 e. The molecule has 0 unspecified atom stereocenters. The van der Waals surface area contributed by atoms with Gasteiger partial charge in [0.15, 0.2) is 11.3 Å². The number of aryl methyl sites for hydroxylation is 3. The SMILES string of the molecule is CNc1nc(C)c2c(=O)n(Cc3nc(CCc4ccc(Cl)cc4)no3)cnn12. The highest BCUT2D eigenvalue weighted by Crippen LogP contribution is 2.12. The molecule has 0 aliphatic rings. The number of halogens is 1. The van der Waals surface area contributed by atoms with E-state index in [-0.39, 0.29) is 12.1 Å². The van der Waals surface area contributed by atoms with Gasteiger partial charge in [0, 0.05) is 18.5 Å². The van der Waals surface area contributed by atoms with Gasteiger partial charge in [-0.15, -0.1) is 0 Å². The molecule has 0 aliphatic heterocycles. The van der Waals surface area contributed by atoms with Crippen LogP contribution in [0.25, 0.3) is 5.52 Å². The van der Waals surface area contributed by atoms with Gasteiger partial charge in [0.05, 0.1) is 5.69 Å². The molecule has 4 aromatic rings. The van der Waals surface area contributed by atoms with Crippen molar-refractivity contribution in [1.29, 1.82) is 0 Å². The lowest BCUT2D eigenvalue weighted by atomic mass is 10.1. The number of benzene rings is 1. The predicted molar refractivity (Wildman–Crippen MR) is 104 cm³/mol. The molecule has 0 bridgehead atoms. The molecule has 9 nitrogen and oxygen atoms in total. The molecule has 0 spiro atoms. The molecular weight excluding hydrogens is 382 g/mol. The zero-order valence-corrected chi connectivity index (χ0v) is 16.1. The van der Waals surface area contributed by atoms with Gasteiger partial charge in [-0.3, -0.25) is 9.36 Å². The van der Waals surface area contributed by atoms with E-state index in [1.807, 2.05) is 24.3 Å². The fourth-order valence-electron chi connectivity index (χ4n) is 2.96. The van der Waals surface area contributed by atoms with Crippen molar-refractivity contribution < 1.29 is 4.52 Å². The van der Waals surface area contributed by atoms with Crippen molar-refractivity contribution >= 4 is 23.1 Å². The molecule has 0 amide bonds. The zero-order valence-electron chi connectivity index (χ0n) is 15.4. The number of anilines is 1. The highest BCUT2D eigenvalue weighted by molar-refractivity contribution is 6.30. The topological polar surface area (TPSA) is 103 Å². The van der Waals surface area contributed by atoms with Crippen molar-refractivity contribution in [3.05, 3.63) is 68.9 Å². The van der Waals surface area contributed by atoms with E-state index in [0.29, 0.717) is 40.3 Å². The number of imidazole rings is 1. The summed E-state index contributed by atoms with van der Waals surface area (Å²) in [5.74, 6) is 1.45. The van der Waals surface area contributed by atoms with Gasteiger partial charge in [-0.1, -0.05) is 28.9 Å². The van der Waals surface area contributed by atoms with E-state index in [0.717, 1.165) is 12.0 Å². The van der Waals surface area contributed by atoms with E-state index in [9.17, 15) is 4.79 Å². The van der Waals surface area contributed by atoms with Crippen molar-refractivity contribution in [3.63, 3.8) is 0 Å². The number of hydrogen-bond acceptors (Lipinski definition) is 7. The molecule has 0 radical (unpaired) electrons. The monoisotopic (exact) mass is 399 g/mol. The van der Waals surface area contributed by atoms with Gasteiger partial charge in [0.1, 0.15) is 12.9 Å². The van der Waals surface area contributed by atoms with Crippen LogP contribution in [0.3, 0.4) is 0 Å². The van der Waals surface area contributed by atoms with Crippen LogP contribution in [0, 0.1) is 6.92 Å². The first-order valence-corrected chi connectivity index (χ1v) is 9.11. The molecule has 0 fully saturated rings. The highest BCUT2D eigenvalue weighted by atomic mass is 35.5. The number of rotatable bonds is 6. The lowest BCUT2D eigenvalue weighted by molar-refractivity contribution is 0.364. The van der Waals surface area contributed by atoms with Crippen LogP contribution in [0.15, 0.2) is 39.9 Å². The Morgan fingerprint density at radius 2 is 1.96 bits per heavy atom. The number of fused-ring (bicyclic) bond motifs is 1. The van der Waals surface area contributed by atoms with Gasteiger partial charge in [0.2, 0.25) is 11.8 Å². The molecule has 1 N–H and O–H groups in total. The van der Waals surface area contributed by atoms with Crippen LogP contribution < -0.4 is 10.9 Å². The third kappa shape index (κ3) is 3.48. The molecule has 4 rings (SSSR count). The Morgan fingerprint density at radius 1 is 1.18 bits per heavy atom. The Labute approximate surface area is 165 Å². The molecule has 144 valence electrons. The van der Waals surface area contributed by atoms with Crippen molar-refractivity contribution in [3.8, 4) is 0 Å². The van der Waals surface area contributed by atoms with Crippen LogP contribution in [0.5, 0.6) is 0 Å². The van der Waals surface area contributed by atoms with E-state index in [2.05, 4.69) is 25.5 Å². The molecule has 10 heteroatoms. The van der Waals surface area contributed by atoms with Crippen LogP contribution >= 0.6 is 11.6 Å². The molecule has 1 aromatic carbocycles. The second-order valence-corrected chi connectivity index (χ2v) is 6.76. The van der Waals surface area contributed by atoms with Gasteiger partial charge in [-0.2, -0.15) is 14.6 Å². The first kappa shape index (κ1) is 18.2. The van der Waals surface area contributed by atoms with E-state index < -0.39 is 0 Å². The minimum Gasteiger partial charge on any atom is -0.357 e. The average molecular weight is 400 g/mol. The maximum absolute atomic E-state index is 12.8. The lowest BCUT2D eigenvalue weighted by Crippen LogP contribution is -2.24. The van der Waals surface area contributed by atoms with Gasteiger partial charge >= 0.3 is 0 Å². The fourth-order valence-corrected chi connectivity index (χ4v) is 3.09. The second kappa shape index (κ2) is 7.43. The minimum absolute atomic E-state index is 0.149. The first-order chi connectivity index (χ1) is 13.5. The van der Waals surface area contributed by atoms with Gasteiger partial charge in [-0.05, 0) is 31.0 Å². The Balaban J connectivity index is 1.51. The average Bonchev–Trinajstić information content (AvgIpc) is 3.27. The van der Waals surface area contributed by atoms with Crippen LogP contribution in [0.4, 0.5) is 5.95 Å². The third-order valence-electron chi connectivity index (χ3n) is 4.39. The number of hydrogen-bond donors (Lipinski definition) is 1. The Kier molecular flexibility index (Phi) is 4.82. The van der Waals surface area contributed by atoms with E-state index in [4.69, 9.17) is 16.1 Å². The normalized spacial score (nSPS) is 11.2. The molecular formula is C18H18ClN7O2. The quantitative estimate of drug-likeness (QED) is 0.529. The molecule has 0 atom stereocenters. The molecule has 0 saturated heterocycles. The summed E-state index contributed by atoms with van der Waals surface area (Å²) in [6.45, 7) is 1.92. The summed E-state index contributed by atoms with van der Waals surface area (Å²) in [4.78, 5) is 21.4. The summed E-state index contributed by atoms with van der Waals surface area (Å²) >= 11 is 5.90. The standard InChI is InChI=1S/C18H18ClN7O2/c1-11-16-17(27)25(10-21-26(16)18(20-2)22-11)9-15-23-14(24-28-15)8-5-12-3-6-13(19)7-4-12/h3-4,6-7,10H,5,8-9H2,1-2H3,(H,20,22). The number of nitrogens with zero attached hydrogens (tertiary/aromatic N) is 6. The largest absolute Gasteiger partial charge is 0.357 e. The Hall–Kier alpha value is -3.20. The second-order valence-electron chi connectivity index (χ2n) is 6.33. The van der Waals surface area contributed by atoms with Gasteiger partial charge in [-0.25, -0.2) is 4.98 Å². The summed E-state index contributed by atoms with van der Waals surface area (Å²) in [7, 11) is 1.73. The highest BCUT2D eigenvalue weighted by Gasteiger charge is 2.15. The summed E-state index contributed by atoms with van der Waals surface area (Å²) < 4.78 is 8.21. The molecule has 0 aliphatic carbocycles. The first-order valence-electron chi connectivity index (χ1n) is 8.73. The predicted octanol–water partition coefficient (Wildman–Crippen LogP) is 2.11. The summed E-state index contributed by atoms with van der Waals surface area (Å²) in [6.07, 6.45) is 2.84. The molecule has 0 saturated carbocycles. The Morgan fingerprint density at radius 3 is 2.71 bits per heavy atom. The maximum Gasteiger partial charge on any atom is 0.280 e. The maximum atomic E-state index is 12.8. The summed E-state index contributed by atoms with van der Waals surface area (Å²) in [5.41, 5.74) is 1.93. The minimum atomic E-state index is -0.220. The number of nitrogens with one attached hydrogen (secondary N) is 1. The van der Waals surface area contributed by atoms with Crippen molar-refractivity contribution in [2.45, 2.75) is 26.3 Å². The molecule has 3 heterocycles. The number of aromatic nitrogens is 6. The van der Waals surface area contributed by atoms with Crippen LogP contribution in [-0.4, -0.2) is 36.4 Å². The third-order valence-corrected chi connectivity index (χ3v) is 4.64. The lowest BCUT2D eigenvalue weighted by Gasteiger charge is -2.03.